The zero-order chi connectivity index (χ0) is 13.0. The summed E-state index contributed by atoms with van der Waals surface area (Å²) in [4.78, 5) is 24.1. The molecule has 4 saturated carbocycles. The predicted molar refractivity (Wildman–Crippen MR) is 69.3 cm³/mol. The molecule has 1 saturated heterocycles. The number of rotatable bonds is 1. The highest BCUT2D eigenvalue weighted by Crippen LogP contribution is 2.61. The van der Waals surface area contributed by atoms with Crippen LogP contribution in [0.1, 0.15) is 57.8 Å². The molecule has 0 aromatic heterocycles. The van der Waals surface area contributed by atoms with Crippen LogP contribution in [0, 0.1) is 23.2 Å². The maximum atomic E-state index is 12.4. The van der Waals surface area contributed by atoms with Gasteiger partial charge in [-0.1, -0.05) is 19.3 Å². The number of esters is 1. The Hall–Kier alpha value is -0.860. The molecule has 5 rings (SSSR count). The van der Waals surface area contributed by atoms with Crippen molar-refractivity contribution in [1.82, 2.24) is 0 Å². The second-order valence-corrected chi connectivity index (χ2v) is 7.13. The molecule has 0 amide bonds. The zero-order valence-electron chi connectivity index (χ0n) is 11.4. The molecule has 4 aliphatic carbocycles. The number of fused-ring (bicyclic) bond motifs is 2. The number of ether oxygens (including phenoxy) is 1. The van der Waals surface area contributed by atoms with Gasteiger partial charge in [0, 0.05) is 23.7 Å². The quantitative estimate of drug-likeness (QED) is 0.682. The lowest BCUT2D eigenvalue weighted by atomic mass is 9.48. The molecule has 19 heavy (non-hydrogen) atoms. The van der Waals surface area contributed by atoms with Crippen molar-refractivity contribution in [1.29, 1.82) is 0 Å². The van der Waals surface area contributed by atoms with Gasteiger partial charge in [0.05, 0.1) is 6.42 Å². The molecule has 0 radical (unpaired) electrons. The van der Waals surface area contributed by atoms with Gasteiger partial charge in [-0.25, -0.2) is 0 Å². The van der Waals surface area contributed by atoms with E-state index in [1.165, 1.54) is 32.1 Å². The first-order valence-electron chi connectivity index (χ1n) is 7.93. The first-order chi connectivity index (χ1) is 9.21. The largest absolute Gasteiger partial charge is 0.461 e. The van der Waals surface area contributed by atoms with E-state index in [0.717, 1.165) is 12.8 Å². The Morgan fingerprint density at radius 2 is 1.84 bits per heavy atom. The lowest BCUT2D eigenvalue weighted by Gasteiger charge is -2.56. The summed E-state index contributed by atoms with van der Waals surface area (Å²) in [5, 5.41) is 0. The van der Waals surface area contributed by atoms with E-state index >= 15 is 0 Å². The van der Waals surface area contributed by atoms with Crippen molar-refractivity contribution < 1.29 is 14.3 Å². The Morgan fingerprint density at radius 3 is 2.58 bits per heavy atom. The van der Waals surface area contributed by atoms with Crippen molar-refractivity contribution in [2.24, 2.45) is 23.2 Å². The van der Waals surface area contributed by atoms with E-state index in [0.29, 0.717) is 24.5 Å². The van der Waals surface area contributed by atoms with Gasteiger partial charge in [0.2, 0.25) is 0 Å². The Labute approximate surface area is 114 Å². The van der Waals surface area contributed by atoms with Gasteiger partial charge in [0.1, 0.15) is 11.9 Å². The summed E-state index contributed by atoms with van der Waals surface area (Å²) in [6, 6.07) is 0. The molecule has 0 aromatic rings. The van der Waals surface area contributed by atoms with Crippen LogP contribution in [0.25, 0.3) is 0 Å². The van der Waals surface area contributed by atoms with E-state index in [4.69, 9.17) is 4.74 Å². The summed E-state index contributed by atoms with van der Waals surface area (Å²) in [6.45, 7) is 0. The van der Waals surface area contributed by atoms with Crippen LogP contribution in [0.3, 0.4) is 0 Å². The SMILES string of the molecule is O=C1C[C@@H]2C3CCC(C4CCCCC4)(CC3=O)[C@@H]2O1. The molecule has 5 aliphatic rings. The van der Waals surface area contributed by atoms with Crippen LogP contribution in [0.15, 0.2) is 0 Å². The summed E-state index contributed by atoms with van der Waals surface area (Å²) in [6.07, 6.45) is 9.75. The molecular weight excluding hydrogens is 240 g/mol. The molecule has 0 aromatic carbocycles. The van der Waals surface area contributed by atoms with E-state index in [-0.39, 0.29) is 29.3 Å². The van der Waals surface area contributed by atoms with Gasteiger partial charge in [-0.15, -0.1) is 0 Å². The minimum Gasteiger partial charge on any atom is -0.461 e. The van der Waals surface area contributed by atoms with Gasteiger partial charge in [-0.05, 0) is 31.6 Å². The lowest BCUT2D eigenvalue weighted by molar-refractivity contribution is -0.174. The third-order valence-electron chi connectivity index (χ3n) is 6.39. The van der Waals surface area contributed by atoms with Crippen LogP contribution >= 0.6 is 0 Å². The van der Waals surface area contributed by atoms with Crippen molar-refractivity contribution in [3.63, 3.8) is 0 Å². The normalized spacial score (nSPS) is 46.2. The predicted octanol–water partition coefficient (Wildman–Crippen LogP) is 2.87. The van der Waals surface area contributed by atoms with Crippen LogP contribution in [0.5, 0.6) is 0 Å². The lowest BCUT2D eigenvalue weighted by Crippen LogP contribution is -2.58. The van der Waals surface area contributed by atoms with Crippen molar-refractivity contribution >= 4 is 11.8 Å². The molecule has 0 spiro atoms. The molecular formula is C16H22O3. The first-order valence-corrected chi connectivity index (χ1v) is 7.93. The fraction of sp³-hybridized carbons (Fsp3) is 0.875. The highest BCUT2D eigenvalue weighted by molar-refractivity contribution is 5.86. The highest BCUT2D eigenvalue weighted by Gasteiger charge is 2.63. The van der Waals surface area contributed by atoms with E-state index in [2.05, 4.69) is 0 Å². The van der Waals surface area contributed by atoms with Crippen LogP contribution in [0.2, 0.25) is 0 Å². The minimum atomic E-state index is -0.0585. The standard InChI is InChI=1S/C16H22O3/c17-13-9-16(10-4-2-1-3-5-10)7-6-11(13)12-8-14(18)19-15(12)16/h10-12,15H,1-9H2/t11?,12-,15-,16?/m1/s1. The number of Topliss-reactive ketones (excluding diaryl/α,β-unsaturated/α-hetero) is 1. The zero-order valence-corrected chi connectivity index (χ0v) is 11.4. The maximum Gasteiger partial charge on any atom is 0.306 e. The smallest absolute Gasteiger partial charge is 0.306 e. The Balaban J connectivity index is 1.71. The summed E-state index contributed by atoms with van der Waals surface area (Å²) >= 11 is 0. The Morgan fingerprint density at radius 1 is 1.05 bits per heavy atom. The molecule has 4 atom stereocenters. The summed E-state index contributed by atoms with van der Waals surface area (Å²) in [7, 11) is 0. The molecule has 104 valence electrons. The van der Waals surface area contributed by atoms with Crippen molar-refractivity contribution in [3.05, 3.63) is 0 Å². The molecule has 2 unspecified atom stereocenters. The second kappa shape index (κ2) is 4.07. The molecule has 1 aliphatic heterocycles. The highest BCUT2D eigenvalue weighted by atomic mass is 16.6. The van der Waals surface area contributed by atoms with Gasteiger partial charge in [-0.2, -0.15) is 0 Å². The Bertz CT molecular complexity index is 424. The number of carbonyl (C=O) groups is 2. The summed E-state index contributed by atoms with van der Waals surface area (Å²) in [5.41, 5.74) is 0.0169. The average Bonchev–Trinajstić information content (AvgIpc) is 2.83. The third kappa shape index (κ3) is 1.56. The third-order valence-corrected chi connectivity index (χ3v) is 6.39. The fourth-order valence-electron chi connectivity index (χ4n) is 5.56. The van der Waals surface area contributed by atoms with Gasteiger partial charge < -0.3 is 4.74 Å². The molecule has 0 N–H and O–H groups in total. The second-order valence-electron chi connectivity index (χ2n) is 7.13. The molecule has 3 nitrogen and oxygen atoms in total. The van der Waals surface area contributed by atoms with Crippen molar-refractivity contribution in [3.8, 4) is 0 Å². The summed E-state index contributed by atoms with van der Waals surface area (Å²) < 4.78 is 5.71. The molecule has 2 bridgehead atoms. The molecule has 3 heteroatoms. The fourth-order valence-corrected chi connectivity index (χ4v) is 5.56. The topological polar surface area (TPSA) is 43.4 Å². The van der Waals surface area contributed by atoms with Gasteiger partial charge in [0.15, 0.2) is 0 Å². The van der Waals surface area contributed by atoms with Gasteiger partial charge in [-0.3, -0.25) is 9.59 Å². The van der Waals surface area contributed by atoms with E-state index in [1.54, 1.807) is 0 Å². The van der Waals surface area contributed by atoms with Crippen molar-refractivity contribution in [2.45, 2.75) is 63.9 Å². The first kappa shape index (κ1) is 11.9. The van der Waals surface area contributed by atoms with Gasteiger partial charge >= 0.3 is 5.97 Å². The van der Waals surface area contributed by atoms with E-state index < -0.39 is 0 Å². The van der Waals surface area contributed by atoms with E-state index in [9.17, 15) is 9.59 Å². The van der Waals surface area contributed by atoms with Gasteiger partial charge in [0.25, 0.3) is 0 Å². The number of carbonyl (C=O) groups excluding carboxylic acids is 2. The molecule has 5 fully saturated rings. The van der Waals surface area contributed by atoms with E-state index in [1.807, 2.05) is 0 Å². The number of hydrogen-bond acceptors (Lipinski definition) is 3. The van der Waals surface area contributed by atoms with Crippen LogP contribution in [-0.2, 0) is 14.3 Å². The maximum absolute atomic E-state index is 12.4. The molecule has 1 heterocycles. The monoisotopic (exact) mass is 262 g/mol. The average molecular weight is 262 g/mol. The number of hydrogen-bond donors (Lipinski definition) is 0. The van der Waals surface area contributed by atoms with Crippen LogP contribution in [0.4, 0.5) is 0 Å². The van der Waals surface area contributed by atoms with Crippen LogP contribution < -0.4 is 0 Å². The Kier molecular flexibility index (Phi) is 2.55. The summed E-state index contributed by atoms with van der Waals surface area (Å²) in [5.74, 6) is 1.32. The van der Waals surface area contributed by atoms with Crippen molar-refractivity contribution in [2.75, 3.05) is 0 Å². The minimum absolute atomic E-state index is 0.0169. The number of ketones is 1. The van der Waals surface area contributed by atoms with Crippen LogP contribution in [-0.4, -0.2) is 17.9 Å².